The highest BCUT2D eigenvalue weighted by atomic mass is 16.2. The molecule has 18 heavy (non-hydrogen) atoms. The van der Waals surface area contributed by atoms with Gasteiger partial charge in [0.25, 0.3) is 0 Å². The molecule has 6 heteroatoms. The molecule has 3 amide bonds. The van der Waals surface area contributed by atoms with Gasteiger partial charge >= 0.3 is 6.03 Å². The van der Waals surface area contributed by atoms with Crippen LogP contribution in [0.25, 0.3) is 0 Å². The van der Waals surface area contributed by atoms with Gasteiger partial charge in [0, 0.05) is 18.8 Å². The van der Waals surface area contributed by atoms with Crippen molar-refractivity contribution in [2.75, 3.05) is 18.4 Å². The predicted octanol–water partition coefficient (Wildman–Crippen LogP) is 0.403. The molecule has 1 rings (SSSR count). The van der Waals surface area contributed by atoms with Gasteiger partial charge in [-0.05, 0) is 24.6 Å². The number of carbonyl (C=O) groups excluding carboxylic acids is 2. The molecular formula is C12H18N4O2. The summed E-state index contributed by atoms with van der Waals surface area (Å²) in [5, 5.41) is 7.67. The first-order valence-corrected chi connectivity index (χ1v) is 5.76. The van der Waals surface area contributed by atoms with Crippen molar-refractivity contribution in [2.45, 2.75) is 13.5 Å². The fourth-order valence-corrected chi connectivity index (χ4v) is 1.37. The SMILES string of the molecule is CCNC(=O)CNC(=O)Nc1cccc(CN)c1. The first-order valence-electron chi connectivity index (χ1n) is 5.76. The van der Waals surface area contributed by atoms with Crippen LogP contribution in [0.5, 0.6) is 0 Å². The van der Waals surface area contributed by atoms with Crippen molar-refractivity contribution in [3.8, 4) is 0 Å². The van der Waals surface area contributed by atoms with E-state index >= 15 is 0 Å². The van der Waals surface area contributed by atoms with E-state index in [4.69, 9.17) is 5.73 Å². The molecule has 0 fully saturated rings. The molecular weight excluding hydrogens is 232 g/mol. The summed E-state index contributed by atoms with van der Waals surface area (Å²) >= 11 is 0. The van der Waals surface area contributed by atoms with Gasteiger partial charge in [-0.2, -0.15) is 0 Å². The summed E-state index contributed by atoms with van der Waals surface area (Å²) in [6.45, 7) is 2.73. The van der Waals surface area contributed by atoms with Gasteiger partial charge in [0.1, 0.15) is 0 Å². The van der Waals surface area contributed by atoms with Crippen LogP contribution in [-0.4, -0.2) is 25.0 Å². The highest BCUT2D eigenvalue weighted by molar-refractivity contribution is 5.92. The van der Waals surface area contributed by atoms with Crippen molar-refractivity contribution in [3.63, 3.8) is 0 Å². The zero-order valence-corrected chi connectivity index (χ0v) is 10.3. The standard InChI is InChI=1S/C12H18N4O2/c1-2-14-11(17)8-15-12(18)16-10-5-3-4-9(6-10)7-13/h3-6H,2,7-8,13H2,1H3,(H,14,17)(H2,15,16,18). The molecule has 98 valence electrons. The summed E-state index contributed by atoms with van der Waals surface area (Å²) in [5.74, 6) is -0.219. The van der Waals surface area contributed by atoms with Crippen LogP contribution in [0, 0.1) is 0 Å². The van der Waals surface area contributed by atoms with Crippen molar-refractivity contribution in [1.29, 1.82) is 0 Å². The van der Waals surface area contributed by atoms with Crippen LogP contribution in [0.2, 0.25) is 0 Å². The first-order chi connectivity index (χ1) is 8.65. The summed E-state index contributed by atoms with van der Waals surface area (Å²) in [5.41, 5.74) is 7.07. The number of likely N-dealkylation sites (N-methyl/N-ethyl adjacent to an activating group) is 1. The number of carbonyl (C=O) groups is 2. The highest BCUT2D eigenvalue weighted by Crippen LogP contribution is 2.09. The summed E-state index contributed by atoms with van der Waals surface area (Å²) in [6, 6.07) is 6.80. The van der Waals surface area contributed by atoms with E-state index in [1.165, 1.54) is 0 Å². The van der Waals surface area contributed by atoms with Crippen molar-refractivity contribution in [3.05, 3.63) is 29.8 Å². The Morgan fingerprint density at radius 1 is 1.28 bits per heavy atom. The second-order valence-electron chi connectivity index (χ2n) is 3.67. The lowest BCUT2D eigenvalue weighted by molar-refractivity contribution is -0.119. The second kappa shape index (κ2) is 7.29. The topological polar surface area (TPSA) is 96.2 Å². The molecule has 0 saturated carbocycles. The number of rotatable bonds is 5. The van der Waals surface area contributed by atoms with E-state index in [-0.39, 0.29) is 12.5 Å². The Morgan fingerprint density at radius 2 is 2.06 bits per heavy atom. The lowest BCUT2D eigenvalue weighted by Crippen LogP contribution is -2.38. The molecule has 0 spiro atoms. The zero-order valence-electron chi connectivity index (χ0n) is 10.3. The summed E-state index contributed by atoms with van der Waals surface area (Å²) in [6.07, 6.45) is 0. The Balaban J connectivity index is 2.42. The molecule has 0 saturated heterocycles. The fraction of sp³-hybridized carbons (Fsp3) is 0.333. The number of nitrogens with two attached hydrogens (primary N) is 1. The Hall–Kier alpha value is -2.08. The lowest BCUT2D eigenvalue weighted by atomic mass is 10.2. The number of urea groups is 1. The Morgan fingerprint density at radius 3 is 2.72 bits per heavy atom. The predicted molar refractivity (Wildman–Crippen MR) is 70.0 cm³/mol. The maximum atomic E-state index is 11.5. The van der Waals surface area contributed by atoms with Crippen LogP contribution in [0.3, 0.4) is 0 Å². The number of hydrogen-bond donors (Lipinski definition) is 4. The number of hydrogen-bond acceptors (Lipinski definition) is 3. The average Bonchev–Trinajstić information content (AvgIpc) is 2.37. The number of nitrogens with one attached hydrogen (secondary N) is 3. The van der Waals surface area contributed by atoms with Gasteiger partial charge in [-0.1, -0.05) is 12.1 Å². The van der Waals surface area contributed by atoms with Gasteiger partial charge in [-0.25, -0.2) is 4.79 Å². The van der Waals surface area contributed by atoms with Crippen molar-refractivity contribution in [2.24, 2.45) is 5.73 Å². The number of anilines is 1. The maximum Gasteiger partial charge on any atom is 0.319 e. The van der Waals surface area contributed by atoms with Gasteiger partial charge in [-0.3, -0.25) is 4.79 Å². The third-order valence-corrected chi connectivity index (χ3v) is 2.20. The molecule has 0 radical (unpaired) electrons. The minimum absolute atomic E-state index is 0.0454. The summed E-state index contributed by atoms with van der Waals surface area (Å²) in [7, 11) is 0. The highest BCUT2D eigenvalue weighted by Gasteiger charge is 2.04. The quantitative estimate of drug-likeness (QED) is 0.609. The van der Waals surface area contributed by atoms with Gasteiger partial charge in [0.15, 0.2) is 0 Å². The molecule has 0 bridgehead atoms. The van der Waals surface area contributed by atoms with E-state index < -0.39 is 6.03 Å². The minimum Gasteiger partial charge on any atom is -0.355 e. The molecule has 1 aromatic carbocycles. The molecule has 0 aliphatic rings. The molecule has 6 nitrogen and oxygen atoms in total. The fourth-order valence-electron chi connectivity index (χ4n) is 1.37. The smallest absolute Gasteiger partial charge is 0.319 e. The average molecular weight is 250 g/mol. The molecule has 0 aromatic heterocycles. The molecule has 1 aromatic rings. The van der Waals surface area contributed by atoms with Gasteiger partial charge in [0.2, 0.25) is 5.91 Å². The lowest BCUT2D eigenvalue weighted by Gasteiger charge is -2.08. The Labute approximate surface area is 106 Å². The van der Waals surface area contributed by atoms with Crippen LogP contribution in [0.15, 0.2) is 24.3 Å². The first kappa shape index (κ1) is 14.0. The monoisotopic (exact) mass is 250 g/mol. The molecule has 0 aliphatic carbocycles. The van der Waals surface area contributed by atoms with E-state index in [0.29, 0.717) is 18.8 Å². The van der Waals surface area contributed by atoms with E-state index in [0.717, 1.165) is 5.56 Å². The molecule has 0 heterocycles. The maximum absolute atomic E-state index is 11.5. The van der Waals surface area contributed by atoms with E-state index in [2.05, 4.69) is 16.0 Å². The van der Waals surface area contributed by atoms with E-state index in [1.54, 1.807) is 12.1 Å². The van der Waals surface area contributed by atoms with E-state index in [9.17, 15) is 9.59 Å². The van der Waals surface area contributed by atoms with Crippen LogP contribution in [0.1, 0.15) is 12.5 Å². The minimum atomic E-state index is -0.421. The van der Waals surface area contributed by atoms with Crippen molar-refractivity contribution >= 4 is 17.6 Å². The van der Waals surface area contributed by atoms with Gasteiger partial charge in [0.05, 0.1) is 6.54 Å². The Kier molecular flexibility index (Phi) is 5.66. The summed E-state index contributed by atoms with van der Waals surface area (Å²) in [4.78, 5) is 22.6. The van der Waals surface area contributed by atoms with Gasteiger partial charge < -0.3 is 21.7 Å². The van der Waals surface area contributed by atoms with E-state index in [1.807, 2.05) is 19.1 Å². The third-order valence-electron chi connectivity index (χ3n) is 2.20. The van der Waals surface area contributed by atoms with Crippen LogP contribution < -0.4 is 21.7 Å². The second-order valence-corrected chi connectivity index (χ2v) is 3.67. The molecule has 5 N–H and O–H groups in total. The van der Waals surface area contributed by atoms with Gasteiger partial charge in [-0.15, -0.1) is 0 Å². The van der Waals surface area contributed by atoms with Crippen molar-refractivity contribution < 1.29 is 9.59 Å². The Bertz CT molecular complexity index is 420. The number of benzene rings is 1. The normalized spacial score (nSPS) is 9.67. The van der Waals surface area contributed by atoms with Crippen LogP contribution >= 0.6 is 0 Å². The molecule has 0 unspecified atom stereocenters. The third kappa shape index (κ3) is 4.84. The number of amides is 3. The largest absolute Gasteiger partial charge is 0.355 e. The van der Waals surface area contributed by atoms with Crippen LogP contribution in [0.4, 0.5) is 10.5 Å². The summed E-state index contributed by atoms with van der Waals surface area (Å²) < 4.78 is 0. The zero-order chi connectivity index (χ0) is 13.4. The molecule has 0 aliphatic heterocycles. The van der Waals surface area contributed by atoms with Crippen LogP contribution in [-0.2, 0) is 11.3 Å². The molecule has 0 atom stereocenters. The van der Waals surface area contributed by atoms with Crippen molar-refractivity contribution in [1.82, 2.24) is 10.6 Å².